The first kappa shape index (κ1) is 21.4. The zero-order valence-electron chi connectivity index (χ0n) is 17.7. The van der Waals surface area contributed by atoms with Crippen LogP contribution < -0.4 is 10.6 Å². The maximum absolute atomic E-state index is 12.8. The molecule has 0 saturated heterocycles. The molecule has 0 aliphatic rings. The van der Waals surface area contributed by atoms with E-state index < -0.39 is 0 Å². The van der Waals surface area contributed by atoms with Gasteiger partial charge in [0.05, 0.1) is 42.8 Å². The van der Waals surface area contributed by atoms with Gasteiger partial charge in [0.25, 0.3) is 11.8 Å². The number of H-pyrrole nitrogens is 1. The van der Waals surface area contributed by atoms with Crippen LogP contribution in [0.1, 0.15) is 20.9 Å². The number of hydroxylamine groups is 2. The minimum absolute atomic E-state index is 0.101. The van der Waals surface area contributed by atoms with Gasteiger partial charge in [-0.05, 0) is 30.7 Å². The summed E-state index contributed by atoms with van der Waals surface area (Å²) in [7, 11) is 2.97. The molecule has 1 aromatic carbocycles. The molecule has 0 bridgehead atoms. The molecule has 0 aliphatic carbocycles. The second-order valence-corrected chi connectivity index (χ2v) is 7.99. The van der Waals surface area contributed by atoms with Crippen molar-refractivity contribution in [3.63, 3.8) is 0 Å². The Kier molecular flexibility index (Phi) is 6.10. The highest BCUT2D eigenvalue weighted by Gasteiger charge is 2.15. The third-order valence-electron chi connectivity index (χ3n) is 4.80. The smallest absolute Gasteiger partial charge is 0.267 e. The third-order valence-corrected chi connectivity index (χ3v) is 5.71. The monoisotopic (exact) mass is 451 g/mol. The Labute approximate surface area is 187 Å². The molecule has 4 aromatic rings. The Hall–Kier alpha value is -3.83. The van der Waals surface area contributed by atoms with E-state index in [2.05, 4.69) is 30.8 Å². The van der Waals surface area contributed by atoms with Crippen molar-refractivity contribution in [3.8, 4) is 0 Å². The summed E-state index contributed by atoms with van der Waals surface area (Å²) in [6.07, 6.45) is 3.30. The van der Waals surface area contributed by atoms with E-state index in [1.165, 1.54) is 24.6 Å². The van der Waals surface area contributed by atoms with Gasteiger partial charge in [-0.15, -0.1) is 0 Å². The van der Waals surface area contributed by atoms with E-state index in [1.54, 1.807) is 31.4 Å². The summed E-state index contributed by atoms with van der Waals surface area (Å²) in [6, 6.07) is 9.15. The average molecular weight is 452 g/mol. The number of hydrogen-bond donors (Lipinski definition) is 3. The fourth-order valence-electron chi connectivity index (χ4n) is 3.03. The number of carbonyl (C=O) groups excluding carboxylic acids is 2. The first-order valence-electron chi connectivity index (χ1n) is 9.68. The Bertz CT molecular complexity index is 1280. The first-order chi connectivity index (χ1) is 15.4. The van der Waals surface area contributed by atoms with E-state index >= 15 is 0 Å². The van der Waals surface area contributed by atoms with Gasteiger partial charge in [-0.2, -0.15) is 5.10 Å². The van der Waals surface area contributed by atoms with Gasteiger partial charge in [-0.3, -0.25) is 19.5 Å². The van der Waals surface area contributed by atoms with Gasteiger partial charge in [0.1, 0.15) is 10.7 Å². The topological polar surface area (TPSA) is 125 Å². The normalized spacial score (nSPS) is 10.8. The SMILES string of the molecule is CON(C)C(=O)Cc1cccc(Nc2ncc(C(=O)Nc3c(C)ccc4[nH]ncc34)s2)n1. The molecule has 164 valence electrons. The number of nitrogens with zero attached hydrogens (tertiary/aromatic N) is 4. The fraction of sp³-hybridized carbons (Fsp3) is 0.190. The van der Waals surface area contributed by atoms with Crippen molar-refractivity contribution in [2.24, 2.45) is 0 Å². The predicted molar refractivity (Wildman–Crippen MR) is 122 cm³/mol. The highest BCUT2D eigenvalue weighted by atomic mass is 32.1. The Morgan fingerprint density at radius 2 is 2.06 bits per heavy atom. The highest BCUT2D eigenvalue weighted by molar-refractivity contribution is 7.17. The number of amides is 2. The van der Waals surface area contributed by atoms with Crippen LogP contribution in [0.15, 0.2) is 42.7 Å². The zero-order chi connectivity index (χ0) is 22.7. The number of aryl methyl sites for hydroxylation is 1. The summed E-state index contributed by atoms with van der Waals surface area (Å²) in [5.41, 5.74) is 3.08. The molecule has 4 rings (SSSR count). The standard InChI is InChI=1S/C21H21N7O3S/c1-12-7-8-15-14(10-23-27-15)19(12)26-20(30)16-11-22-21(32-16)25-17-6-4-5-13(24-17)9-18(29)28(2)31-3/h4-8,10-11H,9H2,1-3H3,(H,23,27)(H,26,30)(H,22,24,25). The lowest BCUT2D eigenvalue weighted by atomic mass is 10.1. The van der Waals surface area contributed by atoms with E-state index in [4.69, 9.17) is 4.84 Å². The van der Waals surface area contributed by atoms with Crippen molar-refractivity contribution >= 4 is 50.7 Å². The number of aromatic amines is 1. The van der Waals surface area contributed by atoms with E-state index in [0.717, 1.165) is 21.5 Å². The number of hydrogen-bond acceptors (Lipinski definition) is 8. The maximum Gasteiger partial charge on any atom is 0.267 e. The minimum Gasteiger partial charge on any atom is -0.320 e. The van der Waals surface area contributed by atoms with Crippen LogP contribution in [0.3, 0.4) is 0 Å². The van der Waals surface area contributed by atoms with Crippen LogP contribution in [-0.2, 0) is 16.1 Å². The molecule has 0 atom stereocenters. The number of anilines is 3. The number of nitrogens with one attached hydrogen (secondary N) is 3. The molecular formula is C21H21N7O3S. The molecule has 2 amide bonds. The van der Waals surface area contributed by atoms with Crippen molar-refractivity contribution in [2.45, 2.75) is 13.3 Å². The summed E-state index contributed by atoms with van der Waals surface area (Å²) >= 11 is 1.20. The Morgan fingerprint density at radius 1 is 1.22 bits per heavy atom. The summed E-state index contributed by atoms with van der Waals surface area (Å²) in [5.74, 6) is 0.0474. The van der Waals surface area contributed by atoms with Crippen molar-refractivity contribution in [3.05, 3.63) is 58.9 Å². The lowest BCUT2D eigenvalue weighted by Crippen LogP contribution is -2.27. The third kappa shape index (κ3) is 4.58. The van der Waals surface area contributed by atoms with E-state index in [9.17, 15) is 9.59 Å². The predicted octanol–water partition coefficient (Wildman–Crippen LogP) is 3.28. The molecule has 32 heavy (non-hydrogen) atoms. The number of thiazole rings is 1. The zero-order valence-corrected chi connectivity index (χ0v) is 18.5. The van der Waals surface area contributed by atoms with Crippen LogP contribution in [0, 0.1) is 6.92 Å². The van der Waals surface area contributed by atoms with Gasteiger partial charge in [0.2, 0.25) is 0 Å². The molecule has 3 N–H and O–H groups in total. The molecule has 0 saturated carbocycles. The van der Waals surface area contributed by atoms with Crippen molar-refractivity contribution < 1.29 is 14.4 Å². The van der Waals surface area contributed by atoms with Crippen LogP contribution in [0.4, 0.5) is 16.6 Å². The van der Waals surface area contributed by atoms with E-state index in [-0.39, 0.29) is 18.2 Å². The van der Waals surface area contributed by atoms with Crippen molar-refractivity contribution in [1.29, 1.82) is 0 Å². The van der Waals surface area contributed by atoms with Crippen molar-refractivity contribution in [2.75, 3.05) is 24.8 Å². The summed E-state index contributed by atoms with van der Waals surface area (Å²) in [4.78, 5) is 38.8. The fourth-order valence-corrected chi connectivity index (χ4v) is 3.75. The molecule has 11 heteroatoms. The van der Waals surface area contributed by atoms with Crippen LogP contribution >= 0.6 is 11.3 Å². The van der Waals surface area contributed by atoms with Crippen LogP contribution in [0.2, 0.25) is 0 Å². The van der Waals surface area contributed by atoms with Crippen molar-refractivity contribution in [1.82, 2.24) is 25.2 Å². The van der Waals surface area contributed by atoms with E-state index in [0.29, 0.717) is 27.2 Å². The van der Waals surface area contributed by atoms with Gasteiger partial charge in [0.15, 0.2) is 5.13 Å². The quantitative estimate of drug-likeness (QED) is 0.368. The lowest BCUT2D eigenvalue weighted by molar-refractivity contribution is -0.167. The van der Waals surface area contributed by atoms with Gasteiger partial charge in [-0.1, -0.05) is 23.5 Å². The van der Waals surface area contributed by atoms with Gasteiger partial charge in [0, 0.05) is 12.4 Å². The Morgan fingerprint density at radius 3 is 2.88 bits per heavy atom. The Balaban J connectivity index is 1.45. The summed E-state index contributed by atoms with van der Waals surface area (Å²) in [5, 5.41) is 15.5. The van der Waals surface area contributed by atoms with Crippen LogP contribution in [0.25, 0.3) is 10.9 Å². The molecular weight excluding hydrogens is 430 g/mol. The first-order valence-corrected chi connectivity index (χ1v) is 10.5. The molecule has 0 fully saturated rings. The summed E-state index contributed by atoms with van der Waals surface area (Å²) in [6.45, 7) is 1.93. The highest BCUT2D eigenvalue weighted by Crippen LogP contribution is 2.28. The number of rotatable bonds is 7. The average Bonchev–Trinajstić information content (AvgIpc) is 3.45. The number of pyridine rings is 1. The molecule has 10 nitrogen and oxygen atoms in total. The largest absolute Gasteiger partial charge is 0.320 e. The van der Waals surface area contributed by atoms with Crippen LogP contribution in [-0.4, -0.2) is 51.2 Å². The second kappa shape index (κ2) is 9.12. The molecule has 0 aliphatic heterocycles. The number of benzene rings is 1. The minimum atomic E-state index is -0.262. The molecule has 0 radical (unpaired) electrons. The summed E-state index contributed by atoms with van der Waals surface area (Å²) < 4.78 is 0. The lowest BCUT2D eigenvalue weighted by Gasteiger charge is -2.13. The number of fused-ring (bicyclic) bond motifs is 1. The maximum atomic E-state index is 12.8. The van der Waals surface area contributed by atoms with Gasteiger partial charge >= 0.3 is 0 Å². The van der Waals surface area contributed by atoms with Crippen LogP contribution in [0.5, 0.6) is 0 Å². The second-order valence-electron chi connectivity index (χ2n) is 6.96. The molecule has 3 aromatic heterocycles. The molecule has 0 spiro atoms. The van der Waals surface area contributed by atoms with E-state index in [1.807, 2.05) is 19.1 Å². The number of aromatic nitrogens is 4. The van der Waals surface area contributed by atoms with Gasteiger partial charge < -0.3 is 10.6 Å². The number of likely N-dealkylation sites (N-methyl/N-ethyl adjacent to an activating group) is 1. The molecule has 0 unspecified atom stereocenters. The molecule has 3 heterocycles. The number of carbonyl (C=O) groups is 2. The van der Waals surface area contributed by atoms with Gasteiger partial charge in [-0.25, -0.2) is 15.0 Å².